The SMILES string of the molecule is CCCNc1cc(C(C)C)nc(CCOCC)n1. The number of hydrogen-bond acceptors (Lipinski definition) is 4. The molecule has 0 atom stereocenters. The zero-order chi connectivity index (χ0) is 13.4. The van der Waals surface area contributed by atoms with Crippen LogP contribution in [0.1, 0.15) is 51.6 Å². The molecule has 0 aromatic carbocycles. The predicted molar refractivity (Wildman–Crippen MR) is 75.1 cm³/mol. The third-order valence-corrected chi connectivity index (χ3v) is 2.61. The summed E-state index contributed by atoms with van der Waals surface area (Å²) in [5.41, 5.74) is 1.09. The van der Waals surface area contributed by atoms with Crippen molar-refractivity contribution < 1.29 is 4.74 Å². The van der Waals surface area contributed by atoms with Gasteiger partial charge in [-0.25, -0.2) is 9.97 Å². The van der Waals surface area contributed by atoms with Crippen LogP contribution in [0.25, 0.3) is 0 Å². The molecule has 0 aliphatic heterocycles. The molecule has 0 saturated heterocycles. The van der Waals surface area contributed by atoms with Gasteiger partial charge in [-0.05, 0) is 19.3 Å². The number of rotatable bonds is 8. The largest absolute Gasteiger partial charge is 0.381 e. The lowest BCUT2D eigenvalue weighted by Crippen LogP contribution is -2.10. The molecule has 0 saturated carbocycles. The van der Waals surface area contributed by atoms with Crippen molar-refractivity contribution in [3.8, 4) is 0 Å². The summed E-state index contributed by atoms with van der Waals surface area (Å²) in [6.07, 6.45) is 1.87. The van der Waals surface area contributed by atoms with Crippen LogP contribution in [-0.4, -0.2) is 29.7 Å². The summed E-state index contributed by atoms with van der Waals surface area (Å²) >= 11 is 0. The lowest BCUT2D eigenvalue weighted by Gasteiger charge is -2.11. The first kappa shape index (κ1) is 14.9. The van der Waals surface area contributed by atoms with E-state index in [0.29, 0.717) is 12.5 Å². The Morgan fingerprint density at radius 3 is 2.67 bits per heavy atom. The first-order valence-corrected chi connectivity index (χ1v) is 6.86. The van der Waals surface area contributed by atoms with E-state index in [1.54, 1.807) is 0 Å². The molecule has 1 aromatic rings. The van der Waals surface area contributed by atoms with E-state index in [1.807, 2.05) is 13.0 Å². The maximum atomic E-state index is 5.36. The molecule has 1 N–H and O–H groups in total. The molecular weight excluding hydrogens is 226 g/mol. The molecule has 1 aromatic heterocycles. The van der Waals surface area contributed by atoms with Crippen molar-refractivity contribution in [2.75, 3.05) is 25.1 Å². The summed E-state index contributed by atoms with van der Waals surface area (Å²) in [6, 6.07) is 2.05. The second-order valence-electron chi connectivity index (χ2n) is 4.62. The number of nitrogens with zero attached hydrogens (tertiary/aromatic N) is 2. The van der Waals surface area contributed by atoms with Gasteiger partial charge < -0.3 is 10.1 Å². The molecule has 18 heavy (non-hydrogen) atoms. The molecule has 1 heterocycles. The third-order valence-electron chi connectivity index (χ3n) is 2.61. The average Bonchev–Trinajstić information content (AvgIpc) is 2.36. The minimum atomic E-state index is 0.418. The second-order valence-corrected chi connectivity index (χ2v) is 4.62. The molecule has 102 valence electrons. The van der Waals surface area contributed by atoms with Crippen molar-refractivity contribution in [3.63, 3.8) is 0 Å². The Hall–Kier alpha value is -1.16. The van der Waals surface area contributed by atoms with Gasteiger partial charge in [0.05, 0.1) is 6.61 Å². The van der Waals surface area contributed by atoms with Crippen LogP contribution in [0, 0.1) is 0 Å². The summed E-state index contributed by atoms with van der Waals surface area (Å²) < 4.78 is 5.36. The molecule has 0 fully saturated rings. The van der Waals surface area contributed by atoms with E-state index >= 15 is 0 Å². The molecule has 0 aliphatic rings. The van der Waals surface area contributed by atoms with Crippen LogP contribution >= 0.6 is 0 Å². The third kappa shape index (κ3) is 5.00. The molecule has 0 unspecified atom stereocenters. The summed E-state index contributed by atoms with van der Waals surface area (Å²) in [7, 11) is 0. The summed E-state index contributed by atoms with van der Waals surface area (Å²) in [5, 5.41) is 3.33. The standard InChI is InChI=1S/C14H25N3O/c1-5-8-15-14-10-12(11(3)4)16-13(17-14)7-9-18-6-2/h10-11H,5-9H2,1-4H3,(H,15,16,17). The molecular formula is C14H25N3O. The van der Waals surface area contributed by atoms with Gasteiger partial charge in [-0.15, -0.1) is 0 Å². The Kier molecular flexibility index (Phi) is 6.65. The normalized spacial score (nSPS) is 10.9. The average molecular weight is 251 g/mol. The lowest BCUT2D eigenvalue weighted by atomic mass is 10.1. The van der Waals surface area contributed by atoms with Gasteiger partial charge in [-0.1, -0.05) is 20.8 Å². The second kappa shape index (κ2) is 8.03. The van der Waals surface area contributed by atoms with E-state index in [9.17, 15) is 0 Å². The minimum absolute atomic E-state index is 0.418. The number of ether oxygens (including phenoxy) is 1. The van der Waals surface area contributed by atoms with Gasteiger partial charge in [0, 0.05) is 31.3 Å². The van der Waals surface area contributed by atoms with Crippen LogP contribution in [0.3, 0.4) is 0 Å². The monoisotopic (exact) mass is 251 g/mol. The van der Waals surface area contributed by atoms with Crippen molar-refractivity contribution in [2.45, 2.75) is 46.5 Å². The molecule has 1 rings (SSSR count). The number of aromatic nitrogens is 2. The number of anilines is 1. The van der Waals surface area contributed by atoms with E-state index in [2.05, 4.69) is 36.1 Å². The van der Waals surface area contributed by atoms with E-state index < -0.39 is 0 Å². The fourth-order valence-electron chi connectivity index (χ4n) is 1.58. The molecule has 0 aliphatic carbocycles. The molecule has 4 nitrogen and oxygen atoms in total. The molecule has 0 spiro atoms. The van der Waals surface area contributed by atoms with Crippen molar-refractivity contribution >= 4 is 5.82 Å². The van der Waals surface area contributed by atoms with E-state index in [0.717, 1.165) is 43.3 Å². The lowest BCUT2D eigenvalue weighted by molar-refractivity contribution is 0.149. The van der Waals surface area contributed by atoms with Gasteiger partial charge >= 0.3 is 0 Å². The van der Waals surface area contributed by atoms with Crippen LogP contribution in [0.5, 0.6) is 0 Å². The maximum absolute atomic E-state index is 5.36. The first-order valence-electron chi connectivity index (χ1n) is 6.86. The Labute approximate surface area is 110 Å². The molecule has 0 radical (unpaired) electrons. The van der Waals surface area contributed by atoms with Crippen molar-refractivity contribution in [1.29, 1.82) is 0 Å². The highest BCUT2D eigenvalue weighted by atomic mass is 16.5. The van der Waals surface area contributed by atoms with Gasteiger partial charge in [0.2, 0.25) is 0 Å². The summed E-state index contributed by atoms with van der Waals surface area (Å²) in [4.78, 5) is 9.10. The van der Waals surface area contributed by atoms with Crippen molar-refractivity contribution in [2.24, 2.45) is 0 Å². The highest BCUT2D eigenvalue weighted by molar-refractivity contribution is 5.36. The quantitative estimate of drug-likeness (QED) is 0.721. The fraction of sp³-hybridized carbons (Fsp3) is 0.714. The van der Waals surface area contributed by atoms with E-state index in [4.69, 9.17) is 4.74 Å². The topological polar surface area (TPSA) is 47.0 Å². The molecule has 0 bridgehead atoms. The van der Waals surface area contributed by atoms with Crippen LogP contribution in [0.2, 0.25) is 0 Å². The van der Waals surface area contributed by atoms with Crippen LogP contribution < -0.4 is 5.32 Å². The Balaban J connectivity index is 2.77. The van der Waals surface area contributed by atoms with Gasteiger partial charge in [0.25, 0.3) is 0 Å². The molecule has 4 heteroatoms. The minimum Gasteiger partial charge on any atom is -0.381 e. The van der Waals surface area contributed by atoms with Crippen molar-refractivity contribution in [3.05, 3.63) is 17.6 Å². The summed E-state index contributed by atoms with van der Waals surface area (Å²) in [6.45, 7) is 10.8. The van der Waals surface area contributed by atoms with Crippen LogP contribution in [-0.2, 0) is 11.2 Å². The van der Waals surface area contributed by atoms with Gasteiger partial charge in [0.1, 0.15) is 11.6 Å². The fourth-order valence-corrected chi connectivity index (χ4v) is 1.58. The highest BCUT2D eigenvalue weighted by Crippen LogP contribution is 2.15. The smallest absolute Gasteiger partial charge is 0.133 e. The molecule has 0 amide bonds. The van der Waals surface area contributed by atoms with Gasteiger partial charge in [-0.3, -0.25) is 0 Å². The number of hydrogen-bond donors (Lipinski definition) is 1. The number of nitrogens with one attached hydrogen (secondary N) is 1. The van der Waals surface area contributed by atoms with Gasteiger partial charge in [-0.2, -0.15) is 0 Å². The van der Waals surface area contributed by atoms with Crippen LogP contribution in [0.4, 0.5) is 5.82 Å². The van der Waals surface area contributed by atoms with E-state index in [1.165, 1.54) is 0 Å². The Morgan fingerprint density at radius 2 is 2.06 bits per heavy atom. The highest BCUT2D eigenvalue weighted by Gasteiger charge is 2.07. The first-order chi connectivity index (χ1) is 8.67. The Morgan fingerprint density at radius 1 is 1.28 bits per heavy atom. The zero-order valence-corrected chi connectivity index (χ0v) is 12.0. The predicted octanol–water partition coefficient (Wildman–Crippen LogP) is 3.00. The summed E-state index contributed by atoms with van der Waals surface area (Å²) in [5.74, 6) is 2.22. The van der Waals surface area contributed by atoms with E-state index in [-0.39, 0.29) is 0 Å². The maximum Gasteiger partial charge on any atom is 0.133 e. The van der Waals surface area contributed by atoms with Crippen molar-refractivity contribution in [1.82, 2.24) is 9.97 Å². The van der Waals surface area contributed by atoms with Crippen LogP contribution in [0.15, 0.2) is 6.07 Å². The zero-order valence-electron chi connectivity index (χ0n) is 12.0. The van der Waals surface area contributed by atoms with Gasteiger partial charge in [0.15, 0.2) is 0 Å². The Bertz CT molecular complexity index is 353.